The number of benzene rings is 2. The minimum Gasteiger partial charge on any atom is -0.463 e. The van der Waals surface area contributed by atoms with E-state index < -0.39 is 18.2 Å². The molecule has 0 unspecified atom stereocenters. The van der Waals surface area contributed by atoms with Gasteiger partial charge in [-0.3, -0.25) is 0 Å². The molecule has 0 aromatic heterocycles. The van der Waals surface area contributed by atoms with Crippen molar-refractivity contribution < 1.29 is 23.8 Å². The van der Waals surface area contributed by atoms with Crippen LogP contribution in [0.2, 0.25) is 0 Å². The number of hydrogen-bond donors (Lipinski definition) is 2. The molecule has 0 amide bonds. The highest BCUT2D eigenvalue weighted by atomic mass is 19.1. The second-order valence-corrected chi connectivity index (χ2v) is 10.6. The van der Waals surface area contributed by atoms with Gasteiger partial charge in [-0.1, -0.05) is 43.7 Å². The van der Waals surface area contributed by atoms with Crippen molar-refractivity contribution in [1.82, 2.24) is 5.32 Å². The average Bonchev–Trinajstić information content (AvgIpc) is 3.26. The van der Waals surface area contributed by atoms with E-state index in [1.807, 2.05) is 6.92 Å². The van der Waals surface area contributed by atoms with Gasteiger partial charge in [0.15, 0.2) is 0 Å². The fraction of sp³-hybridized carbons (Fsp3) is 0.516. The summed E-state index contributed by atoms with van der Waals surface area (Å²) in [5.74, 6) is -0.223. The lowest BCUT2D eigenvalue weighted by molar-refractivity contribution is -0.137. The molecule has 2 N–H and O–H groups in total. The molecule has 0 spiro atoms. The molecule has 0 radical (unpaired) electrons. The van der Waals surface area contributed by atoms with Gasteiger partial charge in [-0.25, -0.2) is 9.18 Å². The van der Waals surface area contributed by atoms with Gasteiger partial charge in [0.05, 0.1) is 25.4 Å². The van der Waals surface area contributed by atoms with E-state index in [-0.39, 0.29) is 24.6 Å². The smallest absolute Gasteiger partial charge is 0.330 e. The summed E-state index contributed by atoms with van der Waals surface area (Å²) in [5.41, 5.74) is 4.13. The molecule has 202 valence electrons. The Morgan fingerprint density at radius 1 is 1.19 bits per heavy atom. The number of nitrogens with one attached hydrogen (secondary N) is 1. The van der Waals surface area contributed by atoms with Crippen molar-refractivity contribution >= 4 is 12.0 Å². The predicted molar refractivity (Wildman–Crippen MR) is 146 cm³/mol. The van der Waals surface area contributed by atoms with Crippen molar-refractivity contribution in [1.29, 1.82) is 0 Å². The lowest BCUT2D eigenvalue weighted by Gasteiger charge is -2.31. The zero-order valence-corrected chi connectivity index (χ0v) is 22.6. The number of halogens is 1. The molecule has 0 saturated heterocycles. The Balaban J connectivity index is 1.55. The van der Waals surface area contributed by atoms with Crippen molar-refractivity contribution in [2.24, 2.45) is 5.92 Å². The van der Waals surface area contributed by atoms with Gasteiger partial charge in [-0.2, -0.15) is 0 Å². The molecule has 0 saturated carbocycles. The average molecular weight is 512 g/mol. The van der Waals surface area contributed by atoms with Crippen molar-refractivity contribution in [2.45, 2.75) is 77.5 Å². The Morgan fingerprint density at radius 3 is 2.54 bits per heavy atom. The van der Waals surface area contributed by atoms with Crippen LogP contribution in [0.25, 0.3) is 6.08 Å². The van der Waals surface area contributed by atoms with Gasteiger partial charge in [0.2, 0.25) is 0 Å². The molecule has 2 aromatic rings. The highest BCUT2D eigenvalue weighted by Crippen LogP contribution is 2.32. The summed E-state index contributed by atoms with van der Waals surface area (Å²) in [6.45, 7) is 8.96. The fourth-order valence-corrected chi connectivity index (χ4v) is 5.18. The second kappa shape index (κ2) is 13.8. The number of esters is 1. The quantitative estimate of drug-likeness (QED) is 0.248. The van der Waals surface area contributed by atoms with Gasteiger partial charge in [-0.05, 0) is 92.8 Å². The number of fused-ring (bicyclic) bond motifs is 1. The zero-order chi connectivity index (χ0) is 26.8. The Morgan fingerprint density at radius 2 is 1.89 bits per heavy atom. The van der Waals surface area contributed by atoms with E-state index in [9.17, 15) is 14.3 Å². The predicted octanol–water partition coefficient (Wildman–Crippen LogP) is 5.79. The fourth-order valence-electron chi connectivity index (χ4n) is 5.18. The van der Waals surface area contributed by atoms with Crippen LogP contribution in [0.5, 0.6) is 0 Å². The SMILES string of the molecule is CCC[C@@H](OC[C@H](O)CNC(C)(C)CC1Cc2ccccc2C1)c1cc(F)ccc1C=CC(=O)OCC. The molecule has 2 aromatic carbocycles. The minimum absolute atomic E-state index is 0.121. The maximum absolute atomic E-state index is 14.1. The van der Waals surface area contributed by atoms with Gasteiger partial charge >= 0.3 is 5.97 Å². The molecular weight excluding hydrogens is 469 g/mol. The summed E-state index contributed by atoms with van der Waals surface area (Å²) in [6, 6.07) is 13.1. The Bertz CT molecular complexity index is 1030. The van der Waals surface area contributed by atoms with Gasteiger partial charge in [0.1, 0.15) is 5.82 Å². The lowest BCUT2D eigenvalue weighted by atomic mass is 9.88. The first-order valence-electron chi connectivity index (χ1n) is 13.5. The molecular formula is C31H42FNO4. The van der Waals surface area contributed by atoms with Crippen LogP contribution in [0.1, 0.15) is 75.3 Å². The number of aliphatic hydroxyl groups is 1. The Kier molecular flexibility index (Phi) is 10.9. The molecule has 1 aliphatic rings. The van der Waals surface area contributed by atoms with E-state index in [1.54, 1.807) is 19.1 Å². The monoisotopic (exact) mass is 511 g/mol. The van der Waals surface area contributed by atoms with E-state index in [0.29, 0.717) is 30.0 Å². The molecule has 37 heavy (non-hydrogen) atoms. The first-order valence-corrected chi connectivity index (χ1v) is 13.5. The maximum atomic E-state index is 14.1. The molecule has 0 heterocycles. The first kappa shape index (κ1) is 29.0. The molecule has 2 atom stereocenters. The third-order valence-corrected chi connectivity index (χ3v) is 6.87. The summed E-state index contributed by atoms with van der Waals surface area (Å²) >= 11 is 0. The summed E-state index contributed by atoms with van der Waals surface area (Å²) in [7, 11) is 0. The summed E-state index contributed by atoms with van der Waals surface area (Å²) < 4.78 is 25.2. The first-order chi connectivity index (χ1) is 17.7. The third-order valence-electron chi connectivity index (χ3n) is 6.87. The van der Waals surface area contributed by atoms with E-state index in [2.05, 4.69) is 43.4 Å². The maximum Gasteiger partial charge on any atom is 0.330 e. The van der Waals surface area contributed by atoms with E-state index in [1.165, 1.54) is 29.3 Å². The van der Waals surface area contributed by atoms with Crippen LogP contribution in [0.4, 0.5) is 4.39 Å². The van der Waals surface area contributed by atoms with Crippen LogP contribution in [0.15, 0.2) is 48.5 Å². The largest absolute Gasteiger partial charge is 0.463 e. The Labute approximate surface area is 221 Å². The standard InChI is InChI=1S/C31H42FNO4/c1-5-9-29(28-18-26(32)14-12-23(28)13-15-30(35)36-6-2)37-21-27(34)20-33-31(3,4)19-22-16-24-10-7-8-11-25(24)17-22/h7-8,10-15,18,22,27,29,33-34H,5-6,9,16-17,19-21H2,1-4H3/t27-,29-/m1/s1. The van der Waals surface area contributed by atoms with Gasteiger partial charge in [-0.15, -0.1) is 0 Å². The number of carbonyl (C=O) groups is 1. The zero-order valence-electron chi connectivity index (χ0n) is 22.6. The third kappa shape index (κ3) is 9.06. The van der Waals surface area contributed by atoms with Gasteiger partial charge in [0.25, 0.3) is 0 Å². The minimum atomic E-state index is -0.702. The van der Waals surface area contributed by atoms with Gasteiger partial charge < -0.3 is 19.9 Å². The van der Waals surface area contributed by atoms with Crippen molar-refractivity contribution in [3.05, 3.63) is 76.6 Å². The topological polar surface area (TPSA) is 67.8 Å². The van der Waals surface area contributed by atoms with Crippen molar-refractivity contribution in [3.63, 3.8) is 0 Å². The van der Waals surface area contributed by atoms with E-state index in [4.69, 9.17) is 9.47 Å². The molecule has 1 aliphatic carbocycles. The van der Waals surface area contributed by atoms with Crippen LogP contribution in [-0.4, -0.2) is 42.5 Å². The molecule has 6 heteroatoms. The highest BCUT2D eigenvalue weighted by Gasteiger charge is 2.28. The molecule has 0 bridgehead atoms. The molecule has 0 aliphatic heterocycles. The summed E-state index contributed by atoms with van der Waals surface area (Å²) in [4.78, 5) is 11.8. The number of ether oxygens (including phenoxy) is 2. The number of hydrogen-bond acceptors (Lipinski definition) is 5. The number of rotatable bonds is 14. The van der Waals surface area contributed by atoms with Crippen LogP contribution in [-0.2, 0) is 27.1 Å². The molecule has 5 nitrogen and oxygen atoms in total. The summed E-state index contributed by atoms with van der Waals surface area (Å²) in [5, 5.41) is 14.2. The highest BCUT2D eigenvalue weighted by molar-refractivity contribution is 5.87. The van der Waals surface area contributed by atoms with E-state index in [0.717, 1.165) is 25.7 Å². The lowest BCUT2D eigenvalue weighted by Crippen LogP contribution is -2.45. The van der Waals surface area contributed by atoms with Crippen LogP contribution < -0.4 is 5.32 Å². The number of aliphatic hydroxyl groups excluding tert-OH is 1. The molecule has 3 rings (SSSR count). The van der Waals surface area contributed by atoms with Crippen LogP contribution in [0.3, 0.4) is 0 Å². The van der Waals surface area contributed by atoms with Gasteiger partial charge in [0, 0.05) is 18.2 Å². The number of β-amino-alcohol motifs (C(OH)–C–C–N with tert-alkyl or cyclic N) is 1. The summed E-state index contributed by atoms with van der Waals surface area (Å²) in [6.07, 6.45) is 6.58. The second-order valence-electron chi connectivity index (χ2n) is 10.6. The molecule has 0 fully saturated rings. The van der Waals surface area contributed by atoms with Crippen molar-refractivity contribution in [3.8, 4) is 0 Å². The van der Waals surface area contributed by atoms with Crippen LogP contribution in [0, 0.1) is 11.7 Å². The van der Waals surface area contributed by atoms with Crippen LogP contribution >= 0.6 is 0 Å². The number of carbonyl (C=O) groups excluding carboxylic acids is 1. The Hall–Kier alpha value is -2.54. The van der Waals surface area contributed by atoms with Crippen molar-refractivity contribution in [2.75, 3.05) is 19.8 Å². The van der Waals surface area contributed by atoms with E-state index >= 15 is 0 Å². The normalized spacial score (nSPS) is 15.6.